The molecule has 0 aliphatic carbocycles. The van der Waals surface area contributed by atoms with E-state index in [9.17, 15) is 14.4 Å². The van der Waals surface area contributed by atoms with Crippen molar-refractivity contribution in [3.63, 3.8) is 0 Å². The molecular formula is C24H25ClN4O4. The number of halogens is 1. The molecule has 0 bridgehead atoms. The van der Waals surface area contributed by atoms with Gasteiger partial charge in [-0.3, -0.25) is 19.0 Å². The number of likely N-dealkylation sites (tertiary alicyclic amines) is 1. The predicted octanol–water partition coefficient (Wildman–Crippen LogP) is 2.86. The molecule has 0 spiro atoms. The summed E-state index contributed by atoms with van der Waals surface area (Å²) >= 11 is 5.91. The molecule has 3 aromatic rings. The van der Waals surface area contributed by atoms with E-state index < -0.39 is 11.5 Å². The van der Waals surface area contributed by atoms with Crippen LogP contribution in [0.4, 0.5) is 0 Å². The van der Waals surface area contributed by atoms with Gasteiger partial charge in [-0.05, 0) is 35.2 Å². The third-order valence-electron chi connectivity index (χ3n) is 5.66. The minimum Gasteiger partial charge on any atom is -0.496 e. The van der Waals surface area contributed by atoms with Gasteiger partial charge in [0.15, 0.2) is 0 Å². The molecule has 172 valence electrons. The summed E-state index contributed by atoms with van der Waals surface area (Å²) < 4.78 is 6.67. The van der Waals surface area contributed by atoms with E-state index in [1.54, 1.807) is 35.2 Å². The Morgan fingerprint density at radius 3 is 2.52 bits per heavy atom. The first kappa shape index (κ1) is 22.8. The summed E-state index contributed by atoms with van der Waals surface area (Å²) in [4.78, 5) is 45.1. The number of benzene rings is 1. The molecule has 1 fully saturated rings. The van der Waals surface area contributed by atoms with Crippen LogP contribution in [0.2, 0.25) is 5.02 Å². The molecule has 3 heterocycles. The highest BCUT2D eigenvalue weighted by molar-refractivity contribution is 6.30. The van der Waals surface area contributed by atoms with Gasteiger partial charge in [0, 0.05) is 30.9 Å². The molecular weight excluding hydrogens is 444 g/mol. The second kappa shape index (κ2) is 8.86. The predicted molar refractivity (Wildman–Crippen MR) is 126 cm³/mol. The van der Waals surface area contributed by atoms with Gasteiger partial charge in [0.2, 0.25) is 5.91 Å². The van der Waals surface area contributed by atoms with Gasteiger partial charge in [-0.2, -0.15) is 0 Å². The number of pyridine rings is 2. The Kier molecular flexibility index (Phi) is 6.12. The molecule has 1 saturated heterocycles. The van der Waals surface area contributed by atoms with Crippen molar-refractivity contribution in [1.82, 2.24) is 19.8 Å². The second-order valence-electron chi connectivity index (χ2n) is 8.92. The summed E-state index contributed by atoms with van der Waals surface area (Å²) in [5.74, 6) is -0.284. The van der Waals surface area contributed by atoms with Crippen molar-refractivity contribution < 1.29 is 14.3 Å². The highest BCUT2D eigenvalue weighted by Crippen LogP contribution is 2.29. The molecule has 0 saturated carbocycles. The molecule has 9 heteroatoms. The zero-order valence-corrected chi connectivity index (χ0v) is 19.5. The maximum Gasteiger partial charge on any atom is 0.265 e. The molecule has 1 aliphatic rings. The fourth-order valence-corrected chi connectivity index (χ4v) is 4.14. The number of carbonyl (C=O) groups is 2. The molecule has 4 rings (SSSR count). The number of hydrogen-bond acceptors (Lipinski definition) is 5. The number of carbonyl (C=O) groups excluding carboxylic acids is 2. The van der Waals surface area contributed by atoms with Crippen molar-refractivity contribution in [2.75, 3.05) is 20.2 Å². The molecule has 1 aliphatic heterocycles. The number of methoxy groups -OCH3 is 1. The minimum atomic E-state index is -0.579. The van der Waals surface area contributed by atoms with Gasteiger partial charge in [-0.1, -0.05) is 37.6 Å². The van der Waals surface area contributed by atoms with Crippen LogP contribution in [0.5, 0.6) is 5.75 Å². The third kappa shape index (κ3) is 4.71. The Balaban J connectivity index is 1.68. The van der Waals surface area contributed by atoms with Crippen LogP contribution < -0.4 is 15.6 Å². The van der Waals surface area contributed by atoms with Crippen LogP contribution in [0.15, 0.2) is 47.4 Å². The Labute approximate surface area is 196 Å². The van der Waals surface area contributed by atoms with Gasteiger partial charge in [-0.25, -0.2) is 4.98 Å². The number of amides is 2. The SMILES string of the molecule is COc1ccnc2c1cc(C(=O)NCc1ccc(Cl)cc1)c(=O)n2CC(=O)N1CC(C)(C)C1. The van der Waals surface area contributed by atoms with E-state index in [0.717, 1.165) is 5.56 Å². The summed E-state index contributed by atoms with van der Waals surface area (Å²) in [6, 6.07) is 10.2. The Morgan fingerprint density at radius 1 is 1.18 bits per heavy atom. The molecule has 8 nitrogen and oxygen atoms in total. The van der Waals surface area contributed by atoms with E-state index >= 15 is 0 Å². The Morgan fingerprint density at radius 2 is 1.88 bits per heavy atom. The van der Waals surface area contributed by atoms with Gasteiger partial charge in [0.1, 0.15) is 23.5 Å². The lowest BCUT2D eigenvalue weighted by Crippen LogP contribution is -2.56. The van der Waals surface area contributed by atoms with E-state index in [1.807, 2.05) is 0 Å². The lowest BCUT2D eigenvalue weighted by atomic mass is 9.84. The molecule has 1 N–H and O–H groups in total. The Hall–Kier alpha value is -3.39. The van der Waals surface area contributed by atoms with Crippen LogP contribution in [0, 0.1) is 5.41 Å². The normalized spacial score (nSPS) is 14.6. The maximum atomic E-state index is 13.3. The number of nitrogens with zero attached hydrogens (tertiary/aromatic N) is 3. The standard InChI is InChI=1S/C24H25ClN4O4/c1-24(2)13-28(14-24)20(30)12-29-21-17(19(33-3)8-9-26-21)10-18(23(29)32)22(31)27-11-15-4-6-16(25)7-5-15/h4-10H,11-14H2,1-3H3,(H,27,31). The fourth-order valence-electron chi connectivity index (χ4n) is 4.01. The van der Waals surface area contributed by atoms with Gasteiger partial charge >= 0.3 is 0 Å². The highest BCUT2D eigenvalue weighted by Gasteiger charge is 2.37. The number of aromatic nitrogens is 2. The first-order chi connectivity index (χ1) is 15.7. The topological polar surface area (TPSA) is 93.5 Å². The average Bonchev–Trinajstić information content (AvgIpc) is 2.77. The fraction of sp³-hybridized carbons (Fsp3) is 0.333. The molecule has 0 radical (unpaired) electrons. The van der Waals surface area contributed by atoms with Crippen LogP contribution in [0.1, 0.15) is 29.8 Å². The minimum absolute atomic E-state index is 0.0631. The quantitative estimate of drug-likeness (QED) is 0.600. The third-order valence-corrected chi connectivity index (χ3v) is 5.92. The van der Waals surface area contributed by atoms with Crippen molar-refractivity contribution in [3.8, 4) is 5.75 Å². The van der Waals surface area contributed by atoms with E-state index in [0.29, 0.717) is 34.9 Å². The van der Waals surface area contributed by atoms with E-state index in [2.05, 4.69) is 24.1 Å². The van der Waals surface area contributed by atoms with Gasteiger partial charge in [0.05, 0.1) is 12.5 Å². The van der Waals surface area contributed by atoms with Crippen LogP contribution in [-0.4, -0.2) is 46.5 Å². The van der Waals surface area contributed by atoms with Crippen molar-refractivity contribution in [1.29, 1.82) is 0 Å². The van der Waals surface area contributed by atoms with Gasteiger partial charge < -0.3 is 15.0 Å². The van der Waals surface area contributed by atoms with Crippen molar-refractivity contribution in [2.24, 2.45) is 5.41 Å². The largest absolute Gasteiger partial charge is 0.496 e. The number of nitrogens with one attached hydrogen (secondary N) is 1. The molecule has 0 atom stereocenters. The number of hydrogen-bond donors (Lipinski definition) is 1. The number of ether oxygens (including phenoxy) is 1. The second-order valence-corrected chi connectivity index (χ2v) is 9.36. The zero-order chi connectivity index (χ0) is 23.8. The van der Waals surface area contributed by atoms with Crippen molar-refractivity contribution in [3.05, 3.63) is 69.1 Å². The molecule has 33 heavy (non-hydrogen) atoms. The van der Waals surface area contributed by atoms with Crippen LogP contribution in [0.3, 0.4) is 0 Å². The zero-order valence-electron chi connectivity index (χ0n) is 18.7. The van der Waals surface area contributed by atoms with Crippen molar-refractivity contribution >= 4 is 34.4 Å². The summed E-state index contributed by atoms with van der Waals surface area (Å²) in [6.45, 7) is 5.42. The number of rotatable bonds is 6. The summed E-state index contributed by atoms with van der Waals surface area (Å²) in [6.07, 6.45) is 1.51. The lowest BCUT2D eigenvalue weighted by molar-refractivity contribution is -0.142. The van der Waals surface area contributed by atoms with Gasteiger partial charge in [0.25, 0.3) is 11.5 Å². The average molecular weight is 469 g/mol. The van der Waals surface area contributed by atoms with Crippen LogP contribution in [-0.2, 0) is 17.9 Å². The van der Waals surface area contributed by atoms with E-state index in [1.165, 1.54) is 23.9 Å². The van der Waals surface area contributed by atoms with Crippen LogP contribution >= 0.6 is 11.6 Å². The smallest absolute Gasteiger partial charge is 0.265 e. The van der Waals surface area contributed by atoms with Gasteiger partial charge in [-0.15, -0.1) is 0 Å². The Bertz CT molecular complexity index is 1280. The van der Waals surface area contributed by atoms with Crippen LogP contribution in [0.25, 0.3) is 11.0 Å². The highest BCUT2D eigenvalue weighted by atomic mass is 35.5. The summed E-state index contributed by atoms with van der Waals surface area (Å²) in [5.41, 5.74) is 0.531. The molecule has 1 aromatic carbocycles. The molecule has 2 aromatic heterocycles. The van der Waals surface area contributed by atoms with E-state index in [-0.39, 0.29) is 30.0 Å². The van der Waals surface area contributed by atoms with Crippen molar-refractivity contribution in [2.45, 2.75) is 26.9 Å². The van der Waals surface area contributed by atoms with E-state index in [4.69, 9.17) is 16.3 Å². The first-order valence-corrected chi connectivity index (χ1v) is 10.9. The summed E-state index contributed by atoms with van der Waals surface area (Å²) in [7, 11) is 1.50. The first-order valence-electron chi connectivity index (χ1n) is 10.6. The monoisotopic (exact) mass is 468 g/mol. The number of fused-ring (bicyclic) bond motifs is 1. The lowest BCUT2D eigenvalue weighted by Gasteiger charge is -2.45. The molecule has 2 amide bonds. The maximum absolute atomic E-state index is 13.3. The summed E-state index contributed by atoms with van der Waals surface area (Å²) in [5, 5.41) is 3.84. The molecule has 0 unspecified atom stereocenters.